The predicted molar refractivity (Wildman–Crippen MR) is 186 cm³/mol. The first kappa shape index (κ1) is 37.3. The minimum Gasteiger partial charge on any atom is -0.346 e. The molecule has 3 aliphatic carbocycles. The van der Waals surface area contributed by atoms with Crippen LogP contribution in [-0.4, -0.2) is 90.6 Å². The average molecular weight is 704 g/mol. The van der Waals surface area contributed by atoms with E-state index in [4.69, 9.17) is 0 Å². The van der Waals surface area contributed by atoms with E-state index in [1.165, 1.54) is 6.08 Å². The summed E-state index contributed by atoms with van der Waals surface area (Å²) in [6, 6.07) is -3.47. The largest absolute Gasteiger partial charge is 0.346 e. The summed E-state index contributed by atoms with van der Waals surface area (Å²) in [6.07, 6.45) is 9.36. The zero-order valence-corrected chi connectivity index (χ0v) is 30.8. The summed E-state index contributed by atoms with van der Waals surface area (Å²) in [7, 11) is -3.39. The number of likely N-dealkylation sites (tertiary alicyclic amines) is 1. The fraction of sp³-hybridized carbons (Fsp3) is 0.806. The van der Waals surface area contributed by atoms with Gasteiger partial charge in [-0.15, -0.1) is 6.58 Å². The first-order valence-electron chi connectivity index (χ1n) is 18.3. The van der Waals surface area contributed by atoms with E-state index >= 15 is 0 Å². The fourth-order valence-corrected chi connectivity index (χ4v) is 11.3. The lowest BCUT2D eigenvalue weighted by Gasteiger charge is -2.45. The van der Waals surface area contributed by atoms with E-state index < -0.39 is 73.7 Å². The minimum atomic E-state index is -3.39. The highest BCUT2D eigenvalue weighted by molar-refractivity contribution is 7.92. The van der Waals surface area contributed by atoms with Crippen LogP contribution in [0.1, 0.15) is 105 Å². The van der Waals surface area contributed by atoms with Crippen LogP contribution < -0.4 is 21.3 Å². The van der Waals surface area contributed by atoms with Crippen LogP contribution in [0.25, 0.3) is 0 Å². The number of hydrogen-bond donors (Lipinski definition) is 4. The molecule has 0 aromatic carbocycles. The Hall–Kier alpha value is -2.96. The number of ketones is 1. The smallest absolute Gasteiger partial charge is 0.315 e. The summed E-state index contributed by atoms with van der Waals surface area (Å²) in [5.41, 5.74) is -1.84. The Balaban J connectivity index is 1.35. The van der Waals surface area contributed by atoms with Crippen LogP contribution in [0.3, 0.4) is 0 Å². The zero-order chi connectivity index (χ0) is 35.9. The van der Waals surface area contributed by atoms with Gasteiger partial charge in [-0.1, -0.05) is 79.2 Å². The highest BCUT2D eigenvalue weighted by Crippen LogP contribution is 2.65. The van der Waals surface area contributed by atoms with Crippen molar-refractivity contribution < 1.29 is 32.4 Å². The number of piperidine rings is 1. The van der Waals surface area contributed by atoms with Crippen LogP contribution in [0.4, 0.5) is 4.79 Å². The van der Waals surface area contributed by atoms with Gasteiger partial charge in [0.1, 0.15) is 12.1 Å². The molecular weight excluding hydrogens is 646 g/mol. The van der Waals surface area contributed by atoms with E-state index in [1.54, 1.807) is 4.90 Å². The van der Waals surface area contributed by atoms with Gasteiger partial charge in [-0.05, 0) is 60.7 Å². The number of rotatable bonds is 12. The molecule has 0 unspecified atom stereocenters. The number of carbonyl (C=O) groups is 5. The third-order valence-corrected chi connectivity index (χ3v) is 14.4. The third kappa shape index (κ3) is 7.86. The van der Waals surface area contributed by atoms with Crippen molar-refractivity contribution in [3.63, 3.8) is 0 Å². The van der Waals surface area contributed by atoms with Crippen molar-refractivity contribution in [2.75, 3.05) is 18.8 Å². The van der Waals surface area contributed by atoms with Crippen LogP contribution in [0.15, 0.2) is 12.7 Å². The van der Waals surface area contributed by atoms with Crippen LogP contribution >= 0.6 is 0 Å². The molecule has 0 bridgehead atoms. The van der Waals surface area contributed by atoms with Gasteiger partial charge in [-0.3, -0.25) is 19.2 Å². The Morgan fingerprint density at radius 1 is 0.959 bits per heavy atom. The van der Waals surface area contributed by atoms with Crippen molar-refractivity contribution in [1.82, 2.24) is 26.2 Å². The molecule has 6 atom stereocenters. The number of fused-ring (bicyclic) bond motifs is 1. The number of nitrogens with one attached hydrogen (secondary N) is 4. The molecule has 5 amide bonds. The number of nitrogens with zero attached hydrogens (tertiary/aromatic N) is 1. The Morgan fingerprint density at radius 2 is 1.63 bits per heavy atom. The lowest BCUT2D eigenvalue weighted by atomic mass is 9.77. The van der Waals surface area contributed by atoms with E-state index in [0.29, 0.717) is 38.6 Å². The van der Waals surface area contributed by atoms with Crippen molar-refractivity contribution in [2.24, 2.45) is 28.6 Å². The van der Waals surface area contributed by atoms with Gasteiger partial charge in [0.2, 0.25) is 17.6 Å². The Morgan fingerprint density at radius 3 is 2.22 bits per heavy atom. The molecule has 12 nitrogen and oxygen atoms in total. The minimum absolute atomic E-state index is 0.0668. The lowest BCUT2D eigenvalue weighted by Crippen LogP contribution is -2.66. The number of hydrogen-bond acceptors (Lipinski definition) is 7. The van der Waals surface area contributed by atoms with E-state index in [1.807, 2.05) is 20.8 Å². The molecule has 2 aliphatic heterocycles. The summed E-state index contributed by atoms with van der Waals surface area (Å²) in [6.45, 7) is 13.7. The summed E-state index contributed by atoms with van der Waals surface area (Å²) in [4.78, 5) is 69.8. The molecule has 5 rings (SSSR count). The van der Waals surface area contributed by atoms with Gasteiger partial charge >= 0.3 is 6.03 Å². The van der Waals surface area contributed by atoms with Gasteiger partial charge < -0.3 is 26.2 Å². The normalized spacial score (nSPS) is 29.4. The van der Waals surface area contributed by atoms with Gasteiger partial charge in [-0.25, -0.2) is 13.2 Å². The van der Waals surface area contributed by atoms with E-state index in [2.05, 4.69) is 41.7 Å². The molecule has 5 fully saturated rings. The molecule has 2 heterocycles. The molecule has 4 N–H and O–H groups in total. The molecule has 5 aliphatic rings. The van der Waals surface area contributed by atoms with Crippen molar-refractivity contribution in [1.29, 1.82) is 0 Å². The molecule has 274 valence electrons. The van der Waals surface area contributed by atoms with Crippen LogP contribution in [-0.2, 0) is 29.0 Å². The molecule has 49 heavy (non-hydrogen) atoms. The monoisotopic (exact) mass is 703 g/mol. The molecule has 0 aromatic heterocycles. The molecule has 0 aromatic rings. The standard InChI is InChI=1S/C36H57N5O7S/c1-7-18-37-31(44)28(42)24(20-22-14-15-22)38-30(43)27-26-23(35(26,5)6)21-41(27)32(45)29(34(2,3)4)39-33(46)40-36(16-10-8-11-17-36)25-13-9-12-19-49(25,47)48/h7,22-27,29H,1,8-21H2,2-6H3,(H,37,44)(H,38,43)(H2,39,40,46)/t23-,24-,25-,26-,27-,29+/m0/s1. The molecule has 3 saturated carbocycles. The number of carbonyl (C=O) groups excluding carboxylic acids is 5. The highest BCUT2D eigenvalue weighted by atomic mass is 32.2. The van der Waals surface area contributed by atoms with Crippen molar-refractivity contribution >= 4 is 39.4 Å². The van der Waals surface area contributed by atoms with E-state index in [-0.39, 0.29) is 35.5 Å². The first-order chi connectivity index (χ1) is 22.9. The van der Waals surface area contributed by atoms with Crippen LogP contribution in [0.2, 0.25) is 0 Å². The second-order valence-electron chi connectivity index (χ2n) is 17.0. The summed E-state index contributed by atoms with van der Waals surface area (Å²) < 4.78 is 26.5. The summed E-state index contributed by atoms with van der Waals surface area (Å²) in [5.74, 6) is -2.07. The van der Waals surface area contributed by atoms with Gasteiger partial charge in [0.25, 0.3) is 5.91 Å². The van der Waals surface area contributed by atoms with Crippen LogP contribution in [0.5, 0.6) is 0 Å². The quantitative estimate of drug-likeness (QED) is 0.179. The maximum atomic E-state index is 14.5. The maximum absolute atomic E-state index is 14.5. The van der Waals surface area contributed by atoms with E-state index in [9.17, 15) is 32.4 Å². The van der Waals surface area contributed by atoms with E-state index in [0.717, 1.165) is 38.5 Å². The van der Waals surface area contributed by atoms with Gasteiger partial charge in [0.05, 0.1) is 22.6 Å². The number of Topliss-reactive ketones (excluding diaryl/α,β-unsaturated/α-hetero) is 1. The van der Waals surface area contributed by atoms with Crippen LogP contribution in [0, 0.1) is 28.6 Å². The van der Waals surface area contributed by atoms with Gasteiger partial charge in [0.15, 0.2) is 9.84 Å². The fourth-order valence-electron chi connectivity index (χ4n) is 8.89. The molecule has 13 heteroatoms. The molecule has 0 radical (unpaired) electrons. The SMILES string of the molecule is C=CCNC(=O)C(=O)[C@H](CC1CC1)NC(=O)[C@@H]1[C@@H]2[C@H](CN1C(=O)[C@@H](NC(=O)NC1([C@@H]3CCCCS3(=O)=O)CCCCC1)C(C)(C)C)C2(C)C. The van der Waals surface area contributed by atoms with Crippen molar-refractivity contribution in [3.05, 3.63) is 12.7 Å². The molecule has 2 saturated heterocycles. The highest BCUT2D eigenvalue weighted by Gasteiger charge is 2.70. The summed E-state index contributed by atoms with van der Waals surface area (Å²) >= 11 is 0. The summed E-state index contributed by atoms with van der Waals surface area (Å²) in [5, 5.41) is 10.7. The Kier molecular flexibility index (Phi) is 10.6. The molecule has 0 spiro atoms. The second kappa shape index (κ2) is 14.0. The van der Waals surface area contributed by atoms with Crippen molar-refractivity contribution in [2.45, 2.75) is 134 Å². The predicted octanol–water partition coefficient (Wildman–Crippen LogP) is 3.01. The number of sulfone groups is 1. The Labute approximate surface area is 291 Å². The first-order valence-corrected chi connectivity index (χ1v) is 20.0. The Bertz CT molecular complexity index is 1440. The topological polar surface area (TPSA) is 171 Å². The second-order valence-corrected chi connectivity index (χ2v) is 19.3. The molecular formula is C36H57N5O7S. The number of amides is 5. The zero-order valence-electron chi connectivity index (χ0n) is 29.9. The third-order valence-electron chi connectivity index (χ3n) is 12.0. The van der Waals surface area contributed by atoms with Crippen molar-refractivity contribution in [3.8, 4) is 0 Å². The van der Waals surface area contributed by atoms with Gasteiger partial charge in [-0.2, -0.15) is 0 Å². The average Bonchev–Trinajstić information content (AvgIpc) is 3.88. The maximum Gasteiger partial charge on any atom is 0.315 e. The lowest BCUT2D eigenvalue weighted by molar-refractivity contribution is -0.145. The number of urea groups is 1. The van der Waals surface area contributed by atoms with Gasteiger partial charge in [0, 0.05) is 13.1 Å².